The summed E-state index contributed by atoms with van der Waals surface area (Å²) in [6.07, 6.45) is 0. The Morgan fingerprint density at radius 3 is 3.20 bits per heavy atom. The molecule has 0 unspecified atom stereocenters. The number of rotatable bonds is 0. The van der Waals surface area contributed by atoms with Crippen molar-refractivity contribution in [1.29, 1.82) is 0 Å². The Morgan fingerprint density at radius 2 is 2.40 bits per heavy atom. The predicted molar refractivity (Wildman–Crippen MR) is 36.6 cm³/mol. The fourth-order valence-corrected chi connectivity index (χ4v) is 1.05. The standard InChI is InChI=1S/C7H5BFO/c9-6-3-1-2-5-4-10-8-7(5)6/h1-3H,4H2. The molecule has 0 amide bonds. The van der Waals surface area contributed by atoms with Gasteiger partial charge in [0.2, 0.25) is 0 Å². The molecule has 3 heteroatoms. The average molecular weight is 135 g/mol. The van der Waals surface area contributed by atoms with Crippen LogP contribution in [0.5, 0.6) is 0 Å². The van der Waals surface area contributed by atoms with Crippen molar-refractivity contribution >= 4 is 12.9 Å². The summed E-state index contributed by atoms with van der Waals surface area (Å²) in [4.78, 5) is 0. The van der Waals surface area contributed by atoms with Crippen molar-refractivity contribution < 1.29 is 9.04 Å². The Morgan fingerprint density at radius 1 is 1.50 bits per heavy atom. The molecule has 1 radical (unpaired) electrons. The van der Waals surface area contributed by atoms with Gasteiger partial charge in [0.1, 0.15) is 5.82 Å². The Kier molecular flexibility index (Phi) is 1.24. The van der Waals surface area contributed by atoms with Crippen LogP contribution in [0.15, 0.2) is 18.2 Å². The Balaban J connectivity index is 2.59. The quantitative estimate of drug-likeness (QED) is 0.473. The molecule has 0 saturated heterocycles. The van der Waals surface area contributed by atoms with Crippen LogP contribution in [0.2, 0.25) is 0 Å². The second kappa shape index (κ2) is 2.09. The van der Waals surface area contributed by atoms with E-state index in [1.807, 2.05) is 6.07 Å². The van der Waals surface area contributed by atoms with Crippen LogP contribution in [-0.2, 0) is 11.3 Å². The normalized spacial score (nSPS) is 14.5. The van der Waals surface area contributed by atoms with Gasteiger partial charge in [-0.1, -0.05) is 12.1 Å². The van der Waals surface area contributed by atoms with E-state index in [2.05, 4.69) is 0 Å². The molecule has 10 heavy (non-hydrogen) atoms. The van der Waals surface area contributed by atoms with Crippen LogP contribution in [0.1, 0.15) is 5.56 Å². The van der Waals surface area contributed by atoms with Crippen LogP contribution in [-0.4, -0.2) is 7.48 Å². The molecule has 0 aliphatic carbocycles. The molecular formula is C7H5BFO. The number of hydrogen-bond acceptors (Lipinski definition) is 1. The summed E-state index contributed by atoms with van der Waals surface area (Å²) in [5.41, 5.74) is 1.53. The third-order valence-electron chi connectivity index (χ3n) is 1.58. The molecule has 1 aliphatic rings. The number of benzene rings is 1. The monoisotopic (exact) mass is 135 g/mol. The van der Waals surface area contributed by atoms with Crippen molar-refractivity contribution in [3.8, 4) is 0 Å². The smallest absolute Gasteiger partial charge is 0.333 e. The molecule has 1 heterocycles. The van der Waals surface area contributed by atoms with Gasteiger partial charge in [-0.05, 0) is 17.1 Å². The van der Waals surface area contributed by atoms with E-state index in [4.69, 9.17) is 4.65 Å². The highest BCUT2D eigenvalue weighted by Gasteiger charge is 2.16. The zero-order chi connectivity index (χ0) is 6.97. The summed E-state index contributed by atoms with van der Waals surface area (Å²) < 4.78 is 17.7. The molecular weight excluding hydrogens is 130 g/mol. The van der Waals surface area contributed by atoms with Gasteiger partial charge in [-0.2, -0.15) is 0 Å². The topological polar surface area (TPSA) is 9.23 Å². The van der Waals surface area contributed by atoms with Crippen LogP contribution in [0.3, 0.4) is 0 Å². The van der Waals surface area contributed by atoms with E-state index in [0.717, 1.165) is 5.56 Å². The summed E-state index contributed by atoms with van der Waals surface area (Å²) in [5, 5.41) is 0. The van der Waals surface area contributed by atoms with Gasteiger partial charge in [0.15, 0.2) is 0 Å². The summed E-state index contributed by atoms with van der Waals surface area (Å²) in [6.45, 7) is 0.507. The fraction of sp³-hybridized carbons (Fsp3) is 0.143. The van der Waals surface area contributed by atoms with E-state index >= 15 is 0 Å². The first-order valence-corrected chi connectivity index (χ1v) is 3.10. The highest BCUT2D eigenvalue weighted by Crippen LogP contribution is 2.06. The van der Waals surface area contributed by atoms with Crippen LogP contribution in [0.4, 0.5) is 4.39 Å². The molecule has 0 saturated carbocycles. The lowest BCUT2D eigenvalue weighted by Crippen LogP contribution is -2.15. The lowest BCUT2D eigenvalue weighted by Gasteiger charge is -1.94. The van der Waals surface area contributed by atoms with E-state index in [9.17, 15) is 4.39 Å². The number of hydrogen-bond donors (Lipinski definition) is 0. The Bertz CT molecular complexity index is 262. The molecule has 0 spiro atoms. The molecule has 0 fully saturated rings. The minimum Gasteiger partial charge on any atom is -0.430 e. The SMILES string of the molecule is Fc1cccc2c1[B]OC2. The minimum absolute atomic E-state index is 0.199. The third-order valence-corrected chi connectivity index (χ3v) is 1.58. The van der Waals surface area contributed by atoms with E-state index < -0.39 is 0 Å². The van der Waals surface area contributed by atoms with E-state index in [0.29, 0.717) is 12.1 Å². The highest BCUT2D eigenvalue weighted by atomic mass is 19.1. The van der Waals surface area contributed by atoms with Crippen LogP contribution >= 0.6 is 0 Å². The second-order valence-electron chi connectivity index (χ2n) is 2.24. The van der Waals surface area contributed by atoms with Crippen molar-refractivity contribution in [1.82, 2.24) is 0 Å². The summed E-state index contributed by atoms with van der Waals surface area (Å²) in [7, 11) is 1.46. The summed E-state index contributed by atoms with van der Waals surface area (Å²) in [6, 6.07) is 4.99. The molecule has 1 nitrogen and oxygen atoms in total. The average Bonchev–Trinajstić information content (AvgIpc) is 2.36. The van der Waals surface area contributed by atoms with Gasteiger partial charge in [0.05, 0.1) is 6.61 Å². The van der Waals surface area contributed by atoms with Gasteiger partial charge in [0.25, 0.3) is 0 Å². The van der Waals surface area contributed by atoms with Gasteiger partial charge in [0, 0.05) is 0 Å². The molecule has 0 bridgehead atoms. The summed E-state index contributed by atoms with van der Waals surface area (Å²) in [5.74, 6) is -0.199. The summed E-state index contributed by atoms with van der Waals surface area (Å²) >= 11 is 0. The van der Waals surface area contributed by atoms with Crippen molar-refractivity contribution in [3.05, 3.63) is 29.6 Å². The van der Waals surface area contributed by atoms with Crippen LogP contribution < -0.4 is 5.46 Å². The van der Waals surface area contributed by atoms with Gasteiger partial charge in [-0.15, -0.1) is 0 Å². The third kappa shape index (κ3) is 0.744. The first kappa shape index (κ1) is 5.92. The predicted octanol–water partition coefficient (Wildman–Crippen LogP) is 0.600. The number of halogens is 1. The van der Waals surface area contributed by atoms with Gasteiger partial charge >= 0.3 is 7.48 Å². The molecule has 1 aromatic carbocycles. The molecule has 1 aliphatic heterocycles. The Hall–Kier alpha value is -0.825. The maximum Gasteiger partial charge on any atom is 0.333 e. The minimum atomic E-state index is -0.199. The molecule has 0 atom stereocenters. The molecule has 2 rings (SSSR count). The molecule has 49 valence electrons. The van der Waals surface area contributed by atoms with E-state index in [1.165, 1.54) is 13.5 Å². The van der Waals surface area contributed by atoms with Crippen molar-refractivity contribution in [3.63, 3.8) is 0 Å². The molecule has 1 aromatic rings. The van der Waals surface area contributed by atoms with Crippen LogP contribution in [0.25, 0.3) is 0 Å². The van der Waals surface area contributed by atoms with Gasteiger partial charge < -0.3 is 4.65 Å². The molecule has 0 N–H and O–H groups in total. The number of fused-ring (bicyclic) bond motifs is 1. The van der Waals surface area contributed by atoms with Crippen molar-refractivity contribution in [2.45, 2.75) is 6.61 Å². The van der Waals surface area contributed by atoms with E-state index in [1.54, 1.807) is 6.07 Å². The zero-order valence-electron chi connectivity index (χ0n) is 5.30. The first-order chi connectivity index (χ1) is 4.88. The Labute approximate surface area is 59.1 Å². The van der Waals surface area contributed by atoms with Gasteiger partial charge in [-0.3, -0.25) is 0 Å². The largest absolute Gasteiger partial charge is 0.430 e. The second-order valence-corrected chi connectivity index (χ2v) is 2.24. The highest BCUT2D eigenvalue weighted by molar-refractivity contribution is 6.48. The van der Waals surface area contributed by atoms with Gasteiger partial charge in [-0.25, -0.2) is 4.39 Å². The maximum atomic E-state index is 12.8. The fourth-order valence-electron chi connectivity index (χ4n) is 1.05. The zero-order valence-corrected chi connectivity index (χ0v) is 5.30. The van der Waals surface area contributed by atoms with E-state index in [-0.39, 0.29) is 5.82 Å². The lowest BCUT2D eigenvalue weighted by atomic mass is 9.87. The first-order valence-electron chi connectivity index (χ1n) is 3.10. The lowest BCUT2D eigenvalue weighted by molar-refractivity contribution is 0.345. The van der Waals surface area contributed by atoms with Crippen LogP contribution in [0, 0.1) is 5.82 Å². The molecule has 0 aromatic heterocycles. The van der Waals surface area contributed by atoms with Crippen molar-refractivity contribution in [2.75, 3.05) is 0 Å². The maximum absolute atomic E-state index is 12.8. The van der Waals surface area contributed by atoms with Crippen molar-refractivity contribution in [2.24, 2.45) is 0 Å².